The summed E-state index contributed by atoms with van der Waals surface area (Å²) < 4.78 is 18.4. The molecule has 0 aliphatic heterocycles. The average Bonchev–Trinajstić information content (AvgIpc) is 2.93. The first kappa shape index (κ1) is 37.2. The van der Waals surface area contributed by atoms with Gasteiger partial charge in [-0.3, -0.25) is 0 Å². The molecule has 0 saturated heterocycles. The highest BCUT2D eigenvalue weighted by atomic mass is 16.5. The number of methoxy groups -OCH3 is 1. The molecule has 244 valence electrons. The molecule has 2 unspecified atom stereocenters. The molecule has 0 spiro atoms. The minimum atomic E-state index is -0.00495. The fourth-order valence-electron chi connectivity index (χ4n) is 5.79. The second-order valence-corrected chi connectivity index (χ2v) is 16.4. The second-order valence-electron chi connectivity index (χ2n) is 16.4. The van der Waals surface area contributed by atoms with Crippen molar-refractivity contribution in [1.82, 2.24) is 0 Å². The standard InChI is InChI=1S/C40H66O3/c1-28(2)31-16-22-34(23-17-31)42-24-25-43-36(39(11,12)30(5)6)27-38(9,10)40(13,14)35(26-37(7,8)29(3)4)32-18-20-33(41-15)21-19-32/h16-23,28-30,35-36H,24-27H2,1-15H3. The van der Waals surface area contributed by atoms with Gasteiger partial charge in [-0.15, -0.1) is 0 Å². The molecule has 0 aliphatic carbocycles. The Labute approximate surface area is 266 Å². The van der Waals surface area contributed by atoms with Crippen molar-refractivity contribution in [2.45, 2.75) is 128 Å². The number of hydrogen-bond acceptors (Lipinski definition) is 3. The molecule has 3 heteroatoms. The largest absolute Gasteiger partial charge is 0.497 e. The minimum absolute atomic E-state index is 0.00290. The van der Waals surface area contributed by atoms with Gasteiger partial charge in [-0.1, -0.05) is 121 Å². The Kier molecular flexibility index (Phi) is 12.8. The molecule has 0 saturated carbocycles. The maximum Gasteiger partial charge on any atom is 0.119 e. The Bertz CT molecular complexity index is 1090. The van der Waals surface area contributed by atoms with Crippen LogP contribution in [0, 0.1) is 33.5 Å². The Morgan fingerprint density at radius 3 is 1.58 bits per heavy atom. The van der Waals surface area contributed by atoms with E-state index in [1.807, 2.05) is 0 Å². The Balaban J connectivity index is 2.33. The van der Waals surface area contributed by atoms with E-state index in [-0.39, 0.29) is 27.8 Å². The van der Waals surface area contributed by atoms with Crippen molar-refractivity contribution in [2.75, 3.05) is 20.3 Å². The highest BCUT2D eigenvalue weighted by Crippen LogP contribution is 2.57. The summed E-state index contributed by atoms with van der Waals surface area (Å²) in [5.74, 6) is 3.79. The van der Waals surface area contributed by atoms with Crippen molar-refractivity contribution < 1.29 is 14.2 Å². The molecule has 3 nitrogen and oxygen atoms in total. The van der Waals surface area contributed by atoms with Gasteiger partial charge < -0.3 is 14.2 Å². The van der Waals surface area contributed by atoms with Crippen LogP contribution in [0.25, 0.3) is 0 Å². The molecule has 0 amide bonds. The molecule has 0 heterocycles. The van der Waals surface area contributed by atoms with Crippen LogP contribution < -0.4 is 9.47 Å². The lowest BCUT2D eigenvalue weighted by atomic mass is 9.53. The monoisotopic (exact) mass is 595 g/mol. The first-order valence-electron chi connectivity index (χ1n) is 16.7. The Morgan fingerprint density at radius 1 is 0.605 bits per heavy atom. The molecule has 2 rings (SSSR count). The highest BCUT2D eigenvalue weighted by molar-refractivity contribution is 5.31. The Morgan fingerprint density at radius 2 is 1.12 bits per heavy atom. The van der Waals surface area contributed by atoms with E-state index >= 15 is 0 Å². The summed E-state index contributed by atoms with van der Waals surface area (Å²) in [4.78, 5) is 0. The van der Waals surface area contributed by atoms with E-state index < -0.39 is 0 Å². The van der Waals surface area contributed by atoms with Crippen molar-refractivity contribution >= 4 is 0 Å². The first-order valence-corrected chi connectivity index (χ1v) is 16.7. The molecule has 0 aromatic heterocycles. The summed E-state index contributed by atoms with van der Waals surface area (Å²) in [5.41, 5.74) is 2.93. The van der Waals surface area contributed by atoms with Crippen LogP contribution in [0.15, 0.2) is 48.5 Å². The van der Waals surface area contributed by atoms with Crippen LogP contribution in [0.1, 0.15) is 133 Å². The molecule has 2 aromatic rings. The molecule has 0 fully saturated rings. The van der Waals surface area contributed by atoms with Gasteiger partial charge in [-0.25, -0.2) is 0 Å². The average molecular weight is 595 g/mol. The number of ether oxygens (including phenoxy) is 3. The normalized spacial score (nSPS) is 14.8. The summed E-state index contributed by atoms with van der Waals surface area (Å²) in [6.07, 6.45) is 2.20. The van der Waals surface area contributed by atoms with Gasteiger partial charge in [0.15, 0.2) is 0 Å². The van der Waals surface area contributed by atoms with E-state index in [0.29, 0.717) is 36.9 Å². The first-order chi connectivity index (χ1) is 19.8. The van der Waals surface area contributed by atoms with Crippen molar-refractivity contribution in [1.29, 1.82) is 0 Å². The molecule has 0 aliphatic rings. The van der Waals surface area contributed by atoms with Crippen LogP contribution >= 0.6 is 0 Å². The van der Waals surface area contributed by atoms with Gasteiger partial charge in [0.25, 0.3) is 0 Å². The van der Waals surface area contributed by atoms with Crippen molar-refractivity contribution in [3.8, 4) is 11.5 Å². The van der Waals surface area contributed by atoms with Gasteiger partial charge in [-0.05, 0) is 93.6 Å². The predicted molar refractivity (Wildman–Crippen MR) is 186 cm³/mol. The van der Waals surface area contributed by atoms with E-state index in [0.717, 1.165) is 24.3 Å². The third kappa shape index (κ3) is 9.49. The van der Waals surface area contributed by atoms with Crippen LogP contribution in [-0.4, -0.2) is 26.4 Å². The van der Waals surface area contributed by atoms with Gasteiger partial charge in [0.1, 0.15) is 18.1 Å². The molecule has 43 heavy (non-hydrogen) atoms. The minimum Gasteiger partial charge on any atom is -0.497 e. The maximum absolute atomic E-state index is 6.80. The lowest BCUT2D eigenvalue weighted by Crippen LogP contribution is -2.46. The summed E-state index contributed by atoms with van der Waals surface area (Å²) in [5, 5.41) is 0. The van der Waals surface area contributed by atoms with Crippen LogP contribution in [0.4, 0.5) is 0 Å². The second kappa shape index (κ2) is 14.9. The van der Waals surface area contributed by atoms with Gasteiger partial charge in [-0.2, -0.15) is 0 Å². The van der Waals surface area contributed by atoms with Gasteiger partial charge in [0.2, 0.25) is 0 Å². The van der Waals surface area contributed by atoms with Crippen LogP contribution in [-0.2, 0) is 4.74 Å². The van der Waals surface area contributed by atoms with Crippen molar-refractivity contribution in [2.24, 2.45) is 33.5 Å². The zero-order valence-corrected chi connectivity index (χ0v) is 30.6. The SMILES string of the molecule is COc1ccc(C(CC(C)(C)C(C)C)C(C)(C)C(C)(C)CC(OCCOc2ccc(C(C)C)cc2)C(C)(C)C(C)C)cc1. The van der Waals surface area contributed by atoms with Gasteiger partial charge in [0.05, 0.1) is 19.8 Å². The molecular formula is C40H66O3. The summed E-state index contributed by atoms with van der Waals surface area (Å²) in [6, 6.07) is 17.3. The zero-order chi connectivity index (χ0) is 32.8. The molecule has 2 aromatic carbocycles. The summed E-state index contributed by atoms with van der Waals surface area (Å²) in [6.45, 7) is 34.4. The van der Waals surface area contributed by atoms with E-state index in [9.17, 15) is 0 Å². The van der Waals surface area contributed by atoms with Crippen LogP contribution in [0.2, 0.25) is 0 Å². The van der Waals surface area contributed by atoms with E-state index in [4.69, 9.17) is 14.2 Å². The fourth-order valence-corrected chi connectivity index (χ4v) is 5.79. The predicted octanol–water partition coefficient (Wildman–Crippen LogP) is 11.6. The maximum atomic E-state index is 6.80. The zero-order valence-electron chi connectivity index (χ0n) is 30.6. The molecule has 2 atom stereocenters. The third-order valence-electron chi connectivity index (χ3n) is 11.7. The molecule has 0 radical (unpaired) electrons. The smallest absolute Gasteiger partial charge is 0.119 e. The van der Waals surface area contributed by atoms with Gasteiger partial charge >= 0.3 is 0 Å². The summed E-state index contributed by atoms with van der Waals surface area (Å²) in [7, 11) is 1.74. The van der Waals surface area contributed by atoms with Crippen LogP contribution in [0.5, 0.6) is 11.5 Å². The lowest BCUT2D eigenvalue weighted by Gasteiger charge is -2.52. The number of benzene rings is 2. The van der Waals surface area contributed by atoms with Gasteiger partial charge in [0, 0.05) is 0 Å². The lowest BCUT2D eigenvalue weighted by molar-refractivity contribution is -0.0960. The molecular weight excluding hydrogens is 528 g/mol. The highest BCUT2D eigenvalue weighted by Gasteiger charge is 2.48. The number of hydrogen-bond donors (Lipinski definition) is 0. The number of rotatable bonds is 17. The third-order valence-corrected chi connectivity index (χ3v) is 11.7. The summed E-state index contributed by atoms with van der Waals surface area (Å²) >= 11 is 0. The molecule has 0 N–H and O–H groups in total. The van der Waals surface area contributed by atoms with E-state index in [1.54, 1.807) is 7.11 Å². The fraction of sp³-hybridized carbons (Fsp3) is 0.700. The van der Waals surface area contributed by atoms with Crippen molar-refractivity contribution in [3.05, 3.63) is 59.7 Å². The van der Waals surface area contributed by atoms with Crippen LogP contribution in [0.3, 0.4) is 0 Å². The topological polar surface area (TPSA) is 27.7 Å². The quantitative estimate of drug-likeness (QED) is 0.170. The van der Waals surface area contributed by atoms with E-state index in [1.165, 1.54) is 11.1 Å². The van der Waals surface area contributed by atoms with Crippen molar-refractivity contribution in [3.63, 3.8) is 0 Å². The van der Waals surface area contributed by atoms with E-state index in [2.05, 4.69) is 145 Å². The molecule has 0 bridgehead atoms. The Hall–Kier alpha value is -2.00.